The number of aliphatic carboxylic acids is 1. The number of carbonyl (C=O) groups excluding carboxylic acids is 1. The molecule has 7 atom stereocenters. The molecule has 0 aromatic heterocycles. The number of carbonyl (C=O) groups is 2. The number of nitrogens with one attached hydrogen (secondary N) is 1. The van der Waals surface area contributed by atoms with E-state index in [9.17, 15) is 19.8 Å². The van der Waals surface area contributed by atoms with Gasteiger partial charge in [0.1, 0.15) is 0 Å². The predicted molar refractivity (Wildman–Crippen MR) is 128 cm³/mol. The van der Waals surface area contributed by atoms with Gasteiger partial charge < -0.3 is 15.5 Å². The average molecular weight is 490 g/mol. The van der Waals surface area contributed by atoms with Crippen molar-refractivity contribution in [2.75, 3.05) is 0 Å². The average Bonchev–Trinajstić information content (AvgIpc) is 3.58. The Hall–Kier alpha value is -2.08. The highest BCUT2D eigenvalue weighted by Gasteiger charge is 2.60. The Bertz CT molecular complexity index is 1040. The number of amides is 1. The van der Waals surface area contributed by atoms with E-state index < -0.39 is 23.4 Å². The Morgan fingerprint density at radius 1 is 1.18 bits per heavy atom. The maximum atomic E-state index is 13.3. The summed E-state index contributed by atoms with van der Waals surface area (Å²) in [5.74, 6) is -1.67. The van der Waals surface area contributed by atoms with E-state index in [4.69, 9.17) is 23.2 Å². The minimum atomic E-state index is -0.838. The molecule has 1 saturated carbocycles. The van der Waals surface area contributed by atoms with Crippen LogP contribution in [0.25, 0.3) is 0 Å². The number of halogens is 2. The van der Waals surface area contributed by atoms with E-state index in [2.05, 4.69) is 5.32 Å². The molecule has 1 saturated heterocycles. The largest absolute Gasteiger partial charge is 0.481 e. The number of aliphatic hydroxyl groups is 1. The van der Waals surface area contributed by atoms with E-state index in [0.29, 0.717) is 29.3 Å². The van der Waals surface area contributed by atoms with Crippen LogP contribution in [0.3, 0.4) is 0 Å². The van der Waals surface area contributed by atoms with Gasteiger partial charge in [0.25, 0.3) is 0 Å². The van der Waals surface area contributed by atoms with E-state index in [1.165, 1.54) is 0 Å². The summed E-state index contributed by atoms with van der Waals surface area (Å²) in [4.78, 5) is 24.8. The molecule has 176 valence electrons. The monoisotopic (exact) mass is 489 g/mol. The van der Waals surface area contributed by atoms with Crippen molar-refractivity contribution >= 4 is 35.1 Å². The third kappa shape index (κ3) is 4.91. The van der Waals surface area contributed by atoms with Crippen LogP contribution in [-0.4, -0.2) is 28.1 Å². The van der Waals surface area contributed by atoms with Gasteiger partial charge in [-0.25, -0.2) is 0 Å². The molecule has 33 heavy (non-hydrogen) atoms. The van der Waals surface area contributed by atoms with Crippen molar-refractivity contribution in [1.82, 2.24) is 5.32 Å². The number of rotatable bonds is 7. The molecule has 7 heteroatoms. The van der Waals surface area contributed by atoms with Crippen molar-refractivity contribution in [2.45, 2.75) is 51.2 Å². The Balaban J connectivity index is 1.59. The van der Waals surface area contributed by atoms with Crippen LogP contribution in [-0.2, 0) is 9.59 Å². The molecular formula is C26H29Cl2NO4. The number of piperidine rings is 1. The Kier molecular flexibility index (Phi) is 6.77. The molecular weight excluding hydrogens is 461 g/mol. The highest BCUT2D eigenvalue weighted by molar-refractivity contribution is 6.30. The number of carboxylic acid groups (broad SMARTS) is 1. The molecule has 1 heterocycles. The molecule has 2 aliphatic rings. The van der Waals surface area contributed by atoms with Crippen LogP contribution in [0.5, 0.6) is 0 Å². The van der Waals surface area contributed by atoms with Crippen LogP contribution in [0.15, 0.2) is 48.5 Å². The minimum absolute atomic E-state index is 0.0392. The SMILES string of the molecule is CC(C[C@H](O)c1ccc(Cl)cc1)[C@@H]1NC(=O)[C@](C)(C2CC2C(=O)O)C[C@@H]1c1cccc(Cl)c1. The Morgan fingerprint density at radius 3 is 2.48 bits per heavy atom. The van der Waals surface area contributed by atoms with Crippen LogP contribution in [0.1, 0.15) is 56.3 Å². The van der Waals surface area contributed by atoms with Gasteiger partial charge in [-0.05, 0) is 66.5 Å². The molecule has 2 aromatic rings. The van der Waals surface area contributed by atoms with E-state index in [1.807, 2.05) is 50.2 Å². The molecule has 3 N–H and O–H groups in total. The van der Waals surface area contributed by atoms with E-state index in [-0.39, 0.29) is 29.7 Å². The second kappa shape index (κ2) is 9.28. The molecule has 0 bridgehead atoms. The molecule has 4 rings (SSSR count). The van der Waals surface area contributed by atoms with Gasteiger partial charge in [0, 0.05) is 22.0 Å². The summed E-state index contributed by atoms with van der Waals surface area (Å²) in [6, 6.07) is 14.5. The molecule has 0 spiro atoms. The van der Waals surface area contributed by atoms with Crippen LogP contribution in [0, 0.1) is 23.2 Å². The summed E-state index contributed by atoms with van der Waals surface area (Å²) in [5, 5.41) is 24.7. The molecule has 1 aliphatic heterocycles. The van der Waals surface area contributed by atoms with Gasteiger partial charge in [-0.15, -0.1) is 0 Å². The normalized spacial score (nSPS) is 30.9. The van der Waals surface area contributed by atoms with Gasteiger partial charge in [-0.1, -0.05) is 61.3 Å². The van der Waals surface area contributed by atoms with Gasteiger partial charge in [0.15, 0.2) is 0 Å². The second-order valence-electron chi connectivity index (χ2n) is 9.85. The molecule has 2 aromatic carbocycles. The zero-order valence-electron chi connectivity index (χ0n) is 18.7. The standard InChI is InChI=1S/C26H29Cl2NO4/c1-14(10-22(30)15-6-8-17(27)9-7-15)23-20(16-4-3-5-18(28)11-16)13-26(2,25(33)29-23)21-12-19(21)24(31)32/h3-9,11,14,19-23,30H,10,12-13H2,1-2H3,(H,29,33)(H,31,32)/t14?,19?,20-,21?,22+,23+,26+/m1/s1. The first-order valence-electron chi connectivity index (χ1n) is 11.3. The highest BCUT2D eigenvalue weighted by Crippen LogP contribution is 2.57. The van der Waals surface area contributed by atoms with Crippen molar-refractivity contribution in [2.24, 2.45) is 23.2 Å². The summed E-state index contributed by atoms with van der Waals surface area (Å²) in [7, 11) is 0. The van der Waals surface area contributed by atoms with E-state index in [1.54, 1.807) is 12.1 Å². The Morgan fingerprint density at radius 2 is 1.88 bits per heavy atom. The summed E-state index contributed by atoms with van der Waals surface area (Å²) >= 11 is 12.3. The van der Waals surface area contributed by atoms with E-state index >= 15 is 0 Å². The summed E-state index contributed by atoms with van der Waals surface area (Å²) in [5.41, 5.74) is 1.03. The summed E-state index contributed by atoms with van der Waals surface area (Å²) in [6.45, 7) is 3.92. The minimum Gasteiger partial charge on any atom is -0.481 e. The highest BCUT2D eigenvalue weighted by atomic mass is 35.5. The molecule has 2 fully saturated rings. The van der Waals surface area contributed by atoms with Crippen LogP contribution in [0.4, 0.5) is 0 Å². The number of carboxylic acids is 1. The van der Waals surface area contributed by atoms with Crippen LogP contribution < -0.4 is 5.32 Å². The van der Waals surface area contributed by atoms with Crippen LogP contribution >= 0.6 is 23.2 Å². The molecule has 5 nitrogen and oxygen atoms in total. The number of hydrogen-bond donors (Lipinski definition) is 3. The lowest BCUT2D eigenvalue weighted by Gasteiger charge is -2.45. The van der Waals surface area contributed by atoms with Gasteiger partial charge in [0.05, 0.1) is 17.4 Å². The maximum Gasteiger partial charge on any atom is 0.306 e. The first-order chi connectivity index (χ1) is 15.6. The lowest BCUT2D eigenvalue weighted by Crippen LogP contribution is -2.56. The zero-order chi connectivity index (χ0) is 23.9. The quantitative estimate of drug-likeness (QED) is 0.482. The molecule has 0 radical (unpaired) electrons. The van der Waals surface area contributed by atoms with Crippen molar-refractivity contribution < 1.29 is 19.8 Å². The maximum absolute atomic E-state index is 13.3. The fraction of sp³-hybridized carbons (Fsp3) is 0.462. The smallest absolute Gasteiger partial charge is 0.306 e. The fourth-order valence-corrected chi connectivity index (χ4v) is 5.83. The topological polar surface area (TPSA) is 86.6 Å². The van der Waals surface area contributed by atoms with Gasteiger partial charge >= 0.3 is 5.97 Å². The number of benzene rings is 2. The van der Waals surface area contributed by atoms with Crippen molar-refractivity contribution in [3.63, 3.8) is 0 Å². The predicted octanol–water partition coefficient (Wildman–Crippen LogP) is 5.45. The lowest BCUT2D eigenvalue weighted by molar-refractivity contribution is -0.141. The second-order valence-corrected chi connectivity index (χ2v) is 10.7. The van der Waals surface area contributed by atoms with Gasteiger partial charge in [-0.3, -0.25) is 9.59 Å². The van der Waals surface area contributed by atoms with E-state index in [0.717, 1.165) is 11.1 Å². The Labute approximate surface area is 204 Å². The number of hydrogen-bond acceptors (Lipinski definition) is 3. The first-order valence-corrected chi connectivity index (χ1v) is 12.1. The zero-order valence-corrected chi connectivity index (χ0v) is 20.2. The fourth-order valence-electron chi connectivity index (χ4n) is 5.51. The molecule has 1 aliphatic carbocycles. The first kappa shape index (κ1) is 24.1. The van der Waals surface area contributed by atoms with Crippen LogP contribution in [0.2, 0.25) is 10.0 Å². The van der Waals surface area contributed by atoms with Gasteiger partial charge in [0.2, 0.25) is 5.91 Å². The molecule has 1 amide bonds. The van der Waals surface area contributed by atoms with Crippen molar-refractivity contribution in [3.05, 3.63) is 69.7 Å². The molecule has 3 unspecified atom stereocenters. The summed E-state index contributed by atoms with van der Waals surface area (Å²) in [6.07, 6.45) is 0.834. The number of aliphatic hydroxyl groups excluding tert-OH is 1. The third-order valence-electron chi connectivity index (χ3n) is 7.56. The summed E-state index contributed by atoms with van der Waals surface area (Å²) < 4.78 is 0. The van der Waals surface area contributed by atoms with Crippen molar-refractivity contribution in [1.29, 1.82) is 0 Å². The van der Waals surface area contributed by atoms with Crippen molar-refractivity contribution in [3.8, 4) is 0 Å². The van der Waals surface area contributed by atoms with Gasteiger partial charge in [-0.2, -0.15) is 0 Å². The third-order valence-corrected chi connectivity index (χ3v) is 8.05. The lowest BCUT2D eigenvalue weighted by atomic mass is 9.66.